The van der Waals surface area contributed by atoms with E-state index < -0.39 is 0 Å². The standard InChI is InChI=1S/C13H22N2O/c1-13(2,3)6-7-16-10-12-5-4-11(8-14)9-15-12/h4-5,9H,6-8,10,14H2,1-3H3. The topological polar surface area (TPSA) is 48.1 Å². The number of rotatable bonds is 5. The van der Waals surface area contributed by atoms with Gasteiger partial charge in [0.05, 0.1) is 12.3 Å². The molecule has 0 aliphatic carbocycles. The Hall–Kier alpha value is -0.930. The van der Waals surface area contributed by atoms with Crippen LogP contribution < -0.4 is 5.73 Å². The Morgan fingerprint density at radius 3 is 2.56 bits per heavy atom. The summed E-state index contributed by atoms with van der Waals surface area (Å²) in [7, 11) is 0. The van der Waals surface area contributed by atoms with Crippen molar-refractivity contribution in [3.63, 3.8) is 0 Å². The zero-order valence-corrected chi connectivity index (χ0v) is 10.5. The molecule has 0 saturated heterocycles. The van der Waals surface area contributed by atoms with Crippen molar-refractivity contribution >= 4 is 0 Å². The van der Waals surface area contributed by atoms with Gasteiger partial charge in [0.1, 0.15) is 0 Å². The first-order valence-corrected chi connectivity index (χ1v) is 5.73. The average molecular weight is 222 g/mol. The molecule has 0 unspecified atom stereocenters. The van der Waals surface area contributed by atoms with E-state index in [1.165, 1.54) is 0 Å². The molecule has 0 aliphatic heterocycles. The Kier molecular flexibility index (Phi) is 4.90. The highest BCUT2D eigenvalue weighted by Gasteiger charge is 2.09. The van der Waals surface area contributed by atoms with Crippen LogP contribution in [0, 0.1) is 5.41 Å². The summed E-state index contributed by atoms with van der Waals surface area (Å²) >= 11 is 0. The third-order valence-electron chi connectivity index (χ3n) is 2.37. The van der Waals surface area contributed by atoms with Crippen LogP contribution in [-0.4, -0.2) is 11.6 Å². The Morgan fingerprint density at radius 1 is 1.31 bits per heavy atom. The normalized spacial score (nSPS) is 11.8. The van der Waals surface area contributed by atoms with Crippen molar-refractivity contribution in [2.45, 2.75) is 40.3 Å². The van der Waals surface area contributed by atoms with Gasteiger partial charge >= 0.3 is 0 Å². The molecule has 1 heterocycles. The molecule has 90 valence electrons. The molecule has 0 fully saturated rings. The van der Waals surface area contributed by atoms with Gasteiger partial charge in [0.25, 0.3) is 0 Å². The average Bonchev–Trinajstić information content (AvgIpc) is 2.24. The molecule has 16 heavy (non-hydrogen) atoms. The number of ether oxygens (including phenoxy) is 1. The van der Waals surface area contributed by atoms with E-state index >= 15 is 0 Å². The summed E-state index contributed by atoms with van der Waals surface area (Å²) in [5, 5.41) is 0. The van der Waals surface area contributed by atoms with Gasteiger partial charge in [-0.3, -0.25) is 4.98 Å². The fourth-order valence-electron chi connectivity index (χ4n) is 1.22. The molecule has 1 rings (SSSR count). The maximum atomic E-state index is 5.58. The Balaban J connectivity index is 2.27. The van der Waals surface area contributed by atoms with Crippen molar-refractivity contribution in [3.05, 3.63) is 29.6 Å². The lowest BCUT2D eigenvalue weighted by Gasteiger charge is -2.17. The molecule has 0 radical (unpaired) electrons. The monoisotopic (exact) mass is 222 g/mol. The number of hydrogen-bond donors (Lipinski definition) is 1. The number of hydrogen-bond acceptors (Lipinski definition) is 3. The number of aromatic nitrogens is 1. The van der Waals surface area contributed by atoms with Gasteiger partial charge in [-0.2, -0.15) is 0 Å². The molecule has 0 amide bonds. The molecule has 0 saturated carbocycles. The van der Waals surface area contributed by atoms with E-state index in [-0.39, 0.29) is 0 Å². The second kappa shape index (κ2) is 5.97. The van der Waals surface area contributed by atoms with E-state index in [9.17, 15) is 0 Å². The van der Waals surface area contributed by atoms with E-state index in [1.54, 1.807) is 0 Å². The fraction of sp³-hybridized carbons (Fsp3) is 0.615. The van der Waals surface area contributed by atoms with Crippen LogP contribution in [0.25, 0.3) is 0 Å². The molecule has 0 atom stereocenters. The second-order valence-electron chi connectivity index (χ2n) is 5.23. The molecule has 3 heteroatoms. The van der Waals surface area contributed by atoms with Crippen LogP contribution in [0.5, 0.6) is 0 Å². The van der Waals surface area contributed by atoms with Crippen molar-refractivity contribution in [1.82, 2.24) is 4.98 Å². The van der Waals surface area contributed by atoms with Gasteiger partial charge in [0.2, 0.25) is 0 Å². The SMILES string of the molecule is CC(C)(C)CCOCc1ccc(CN)cn1. The zero-order chi connectivity index (χ0) is 12.0. The van der Waals surface area contributed by atoms with Crippen LogP contribution >= 0.6 is 0 Å². The predicted molar refractivity (Wildman–Crippen MR) is 65.9 cm³/mol. The summed E-state index contributed by atoms with van der Waals surface area (Å²) in [6, 6.07) is 3.97. The van der Waals surface area contributed by atoms with Gasteiger partial charge in [0, 0.05) is 19.3 Å². The first-order valence-electron chi connectivity index (χ1n) is 5.73. The number of nitrogens with two attached hydrogens (primary N) is 1. The minimum atomic E-state index is 0.330. The molecule has 0 aromatic carbocycles. The van der Waals surface area contributed by atoms with Crippen molar-refractivity contribution < 1.29 is 4.74 Å². The highest BCUT2D eigenvalue weighted by atomic mass is 16.5. The van der Waals surface area contributed by atoms with Crippen LogP contribution in [0.15, 0.2) is 18.3 Å². The van der Waals surface area contributed by atoms with E-state index in [2.05, 4.69) is 25.8 Å². The minimum absolute atomic E-state index is 0.330. The smallest absolute Gasteiger partial charge is 0.0887 e. The summed E-state index contributed by atoms with van der Waals surface area (Å²) < 4.78 is 5.58. The highest BCUT2D eigenvalue weighted by Crippen LogP contribution is 2.18. The molecule has 0 spiro atoms. The fourth-order valence-corrected chi connectivity index (χ4v) is 1.22. The molecule has 3 nitrogen and oxygen atoms in total. The lowest BCUT2D eigenvalue weighted by Crippen LogP contribution is -2.09. The van der Waals surface area contributed by atoms with Gasteiger partial charge in [0.15, 0.2) is 0 Å². The third kappa shape index (κ3) is 5.24. The van der Waals surface area contributed by atoms with Crippen LogP contribution in [0.4, 0.5) is 0 Å². The third-order valence-corrected chi connectivity index (χ3v) is 2.37. The first kappa shape index (κ1) is 13.1. The Morgan fingerprint density at radius 2 is 2.06 bits per heavy atom. The van der Waals surface area contributed by atoms with Gasteiger partial charge in [-0.15, -0.1) is 0 Å². The number of pyridine rings is 1. The first-order chi connectivity index (χ1) is 7.51. The van der Waals surface area contributed by atoms with E-state index in [0.717, 1.165) is 24.3 Å². The van der Waals surface area contributed by atoms with Crippen molar-refractivity contribution in [3.8, 4) is 0 Å². The Labute approximate surface area is 98.0 Å². The maximum absolute atomic E-state index is 5.58. The van der Waals surface area contributed by atoms with E-state index in [0.29, 0.717) is 18.6 Å². The summed E-state index contributed by atoms with van der Waals surface area (Å²) in [5.41, 5.74) is 7.85. The van der Waals surface area contributed by atoms with Gasteiger partial charge in [-0.1, -0.05) is 26.8 Å². The molecular formula is C13H22N2O. The highest BCUT2D eigenvalue weighted by molar-refractivity contribution is 5.13. The molecule has 1 aromatic rings. The van der Waals surface area contributed by atoms with E-state index in [1.807, 2.05) is 18.3 Å². The number of nitrogens with zero attached hydrogens (tertiary/aromatic N) is 1. The zero-order valence-electron chi connectivity index (χ0n) is 10.5. The van der Waals surface area contributed by atoms with Crippen LogP contribution in [-0.2, 0) is 17.9 Å². The van der Waals surface area contributed by atoms with Crippen LogP contribution in [0.2, 0.25) is 0 Å². The summed E-state index contributed by atoms with van der Waals surface area (Å²) in [4.78, 5) is 4.28. The van der Waals surface area contributed by atoms with Gasteiger partial charge < -0.3 is 10.5 Å². The van der Waals surface area contributed by atoms with Crippen LogP contribution in [0.3, 0.4) is 0 Å². The minimum Gasteiger partial charge on any atom is -0.375 e. The van der Waals surface area contributed by atoms with Gasteiger partial charge in [-0.25, -0.2) is 0 Å². The second-order valence-corrected chi connectivity index (χ2v) is 5.23. The van der Waals surface area contributed by atoms with Crippen molar-refractivity contribution in [2.24, 2.45) is 11.1 Å². The quantitative estimate of drug-likeness (QED) is 0.779. The lowest BCUT2D eigenvalue weighted by atomic mass is 9.93. The summed E-state index contributed by atoms with van der Waals surface area (Å²) in [6.45, 7) is 8.54. The van der Waals surface area contributed by atoms with Crippen LogP contribution in [0.1, 0.15) is 38.4 Å². The molecule has 2 N–H and O–H groups in total. The molecule has 1 aromatic heterocycles. The summed E-state index contributed by atoms with van der Waals surface area (Å²) in [6.07, 6.45) is 2.87. The molecule has 0 bridgehead atoms. The predicted octanol–water partition coefficient (Wildman–Crippen LogP) is 2.49. The van der Waals surface area contributed by atoms with E-state index in [4.69, 9.17) is 10.5 Å². The maximum Gasteiger partial charge on any atom is 0.0887 e. The van der Waals surface area contributed by atoms with Gasteiger partial charge in [-0.05, 0) is 23.5 Å². The lowest BCUT2D eigenvalue weighted by molar-refractivity contribution is 0.0941. The largest absolute Gasteiger partial charge is 0.375 e. The summed E-state index contributed by atoms with van der Waals surface area (Å²) in [5.74, 6) is 0. The molecule has 0 aliphatic rings. The Bertz CT molecular complexity index is 301. The molecular weight excluding hydrogens is 200 g/mol. The van der Waals surface area contributed by atoms with Crippen molar-refractivity contribution in [1.29, 1.82) is 0 Å². The van der Waals surface area contributed by atoms with Crippen molar-refractivity contribution in [2.75, 3.05) is 6.61 Å².